The molecule has 0 saturated heterocycles. The second-order valence-electron chi connectivity index (χ2n) is 17.1. The Bertz CT molecular complexity index is 1880. The number of amides is 3. The van der Waals surface area contributed by atoms with Crippen LogP contribution in [0.4, 0.5) is 4.79 Å². The minimum Gasteiger partial charge on any atom is -0.480 e. The van der Waals surface area contributed by atoms with E-state index < -0.39 is 28.2 Å². The maximum absolute atomic E-state index is 12.6. The number of carbonyl (C=O) groups is 4. The number of hydrogen-bond donors (Lipinski definition) is 5. The van der Waals surface area contributed by atoms with Crippen LogP contribution in [0.1, 0.15) is 62.0 Å². The van der Waals surface area contributed by atoms with Crippen molar-refractivity contribution in [3.8, 4) is 11.1 Å². The molecule has 0 bridgehead atoms. The van der Waals surface area contributed by atoms with Crippen molar-refractivity contribution < 1.29 is 89.4 Å². The van der Waals surface area contributed by atoms with Crippen molar-refractivity contribution in [3.63, 3.8) is 0 Å². The number of benzene rings is 2. The molecule has 2 aromatic rings. The van der Waals surface area contributed by atoms with Crippen LogP contribution < -0.4 is 16.0 Å². The maximum atomic E-state index is 12.6. The molecule has 23 heteroatoms. The Kier molecular flexibility index (Phi) is 31.3. The first-order valence-corrected chi connectivity index (χ1v) is 25.8. The van der Waals surface area contributed by atoms with E-state index in [1.54, 1.807) is 0 Å². The van der Waals surface area contributed by atoms with E-state index in [9.17, 15) is 32.7 Å². The Balaban J connectivity index is 0.987. The zero-order valence-corrected chi connectivity index (χ0v) is 42.2. The largest absolute Gasteiger partial charge is 0.480 e. The zero-order chi connectivity index (χ0) is 51.4. The fourth-order valence-corrected chi connectivity index (χ4v) is 7.77. The number of fused-ring (bicyclic) bond motifs is 3. The first-order valence-electron chi connectivity index (χ1n) is 24.2. The molecule has 3 rings (SSSR count). The van der Waals surface area contributed by atoms with Crippen LogP contribution >= 0.6 is 0 Å². The second kappa shape index (κ2) is 36.5. The summed E-state index contributed by atoms with van der Waals surface area (Å²) < 4.78 is 74.6. The number of alkyl carbamates (subject to hydrolysis) is 1. The highest BCUT2D eigenvalue weighted by atomic mass is 32.2. The summed E-state index contributed by atoms with van der Waals surface area (Å²) in [5.74, 6) is -1.80. The summed E-state index contributed by atoms with van der Waals surface area (Å²) in [5, 5.41) is 17.7. The average molecular weight is 1030 g/mol. The molecule has 0 radical (unpaired) electrons. The highest BCUT2D eigenvalue weighted by Gasteiger charge is 2.30. The van der Waals surface area contributed by atoms with E-state index in [-0.39, 0.29) is 62.9 Å². The number of ether oxygens (including phenoxy) is 8. The van der Waals surface area contributed by atoms with Gasteiger partial charge in [-0.3, -0.25) is 14.1 Å². The number of carbonyl (C=O) groups excluding carboxylic acids is 3. The smallest absolute Gasteiger partial charge is 0.407 e. The quantitative estimate of drug-likeness (QED) is 0.0159. The number of hydrogen-bond acceptors (Lipinski definition) is 16. The summed E-state index contributed by atoms with van der Waals surface area (Å²) in [4.78, 5) is 58.5. The Labute approximate surface area is 417 Å². The highest BCUT2D eigenvalue weighted by Crippen LogP contribution is 2.44. The van der Waals surface area contributed by atoms with Gasteiger partial charge >= 0.3 is 12.1 Å². The number of nitrogens with zero attached hydrogens (tertiary/aromatic N) is 1. The van der Waals surface area contributed by atoms with Crippen LogP contribution in [0.2, 0.25) is 0 Å². The molecule has 0 aromatic heterocycles. The summed E-state index contributed by atoms with van der Waals surface area (Å²) in [6.07, 6.45) is 1.96. The van der Waals surface area contributed by atoms with E-state index in [0.717, 1.165) is 22.3 Å². The van der Waals surface area contributed by atoms with Crippen LogP contribution in [-0.2, 0) is 72.2 Å². The molecule has 1 atom stereocenters. The predicted molar refractivity (Wildman–Crippen MR) is 259 cm³/mol. The van der Waals surface area contributed by atoms with Gasteiger partial charge in [0.15, 0.2) is 6.79 Å². The third kappa shape index (κ3) is 29.1. The molecule has 1 aliphatic carbocycles. The lowest BCUT2D eigenvalue weighted by Crippen LogP contribution is -2.42. The minimum atomic E-state index is -3.96. The zero-order valence-electron chi connectivity index (χ0n) is 41.4. The second-order valence-corrected chi connectivity index (χ2v) is 18.6. The number of rotatable bonds is 44. The van der Waals surface area contributed by atoms with Crippen LogP contribution in [0, 0.1) is 0 Å². The lowest BCUT2D eigenvalue weighted by atomic mass is 9.98. The number of aliphatic carboxylic acids is 1. The molecule has 0 aliphatic heterocycles. The van der Waals surface area contributed by atoms with E-state index in [4.69, 9.17) is 52.2 Å². The van der Waals surface area contributed by atoms with Gasteiger partial charge in [0.25, 0.3) is 10.1 Å². The molecule has 402 valence electrons. The summed E-state index contributed by atoms with van der Waals surface area (Å²) >= 11 is 0. The van der Waals surface area contributed by atoms with Gasteiger partial charge in [-0.05, 0) is 41.5 Å². The van der Waals surface area contributed by atoms with Crippen molar-refractivity contribution in [2.45, 2.75) is 56.9 Å². The van der Waals surface area contributed by atoms with Crippen LogP contribution in [0.15, 0.2) is 48.5 Å². The Morgan fingerprint density at radius 1 is 0.606 bits per heavy atom. The molecule has 0 unspecified atom stereocenters. The van der Waals surface area contributed by atoms with E-state index in [0.29, 0.717) is 142 Å². The molecule has 0 spiro atoms. The predicted octanol–water partition coefficient (Wildman–Crippen LogP) is 2.93. The summed E-state index contributed by atoms with van der Waals surface area (Å²) in [5.41, 5.74) is 4.33. The van der Waals surface area contributed by atoms with Crippen molar-refractivity contribution in [1.29, 1.82) is 0 Å². The molecule has 0 saturated carbocycles. The fourth-order valence-electron chi connectivity index (χ4n) is 7.28. The van der Waals surface area contributed by atoms with Crippen LogP contribution in [-0.4, -0.2) is 204 Å². The maximum Gasteiger partial charge on any atom is 0.407 e. The number of unbranched alkanes of at least 4 members (excludes halogenated alkanes) is 1. The van der Waals surface area contributed by atoms with Gasteiger partial charge in [-0.15, -0.1) is 0 Å². The molecule has 3 amide bonds. The highest BCUT2D eigenvalue weighted by molar-refractivity contribution is 7.85. The third-order valence-electron chi connectivity index (χ3n) is 10.9. The van der Waals surface area contributed by atoms with Crippen molar-refractivity contribution in [3.05, 3.63) is 59.7 Å². The van der Waals surface area contributed by atoms with Gasteiger partial charge in [0.2, 0.25) is 11.8 Å². The lowest BCUT2D eigenvalue weighted by molar-refractivity contribution is -0.890. The van der Waals surface area contributed by atoms with Gasteiger partial charge in [-0.2, -0.15) is 8.42 Å². The number of quaternary nitrogens is 1. The molecular weight excluding hydrogens is 953 g/mol. The normalized spacial score (nSPS) is 12.8. The summed E-state index contributed by atoms with van der Waals surface area (Å²) in [7, 11) is -0.0346. The van der Waals surface area contributed by atoms with Crippen molar-refractivity contribution in [2.75, 3.05) is 152 Å². The molecule has 22 nitrogen and oxygen atoms in total. The van der Waals surface area contributed by atoms with E-state index in [1.807, 2.05) is 62.6 Å². The first kappa shape index (κ1) is 60.9. The van der Waals surface area contributed by atoms with Gasteiger partial charge in [0.1, 0.15) is 19.3 Å². The molecule has 5 N–H and O–H groups in total. The summed E-state index contributed by atoms with van der Waals surface area (Å²) in [6.45, 7) is 6.76. The standard InChI is InChI=1S/C48H76N4O18S/c1-52(2,21-10-36-71(58,59)60)20-9-16-45(53)50-19-23-62-25-27-64-28-29-65-32-33-67-38-70-69-35-34-66-31-30-63-26-24-61-22-17-46(54)49-18-8-7-15-44(47(55)56)51-48(57)68-37-43-41-13-5-3-11-39(41)40-12-4-6-14-42(40)43/h3-6,11-14,43-44H,7-10,15-38H2,1-2H3,(H4-,49,50,51,53,54,55,56,57,58,59,60)/p+1/t44-/m1/s1. The van der Waals surface area contributed by atoms with Gasteiger partial charge in [0.05, 0.1) is 119 Å². The minimum absolute atomic E-state index is 0.0656. The first-order chi connectivity index (χ1) is 34.3. The van der Waals surface area contributed by atoms with Crippen LogP contribution in [0.5, 0.6) is 0 Å². The molecular formula is C48H77N4O18S+. The fraction of sp³-hybridized carbons (Fsp3) is 0.667. The monoisotopic (exact) mass is 1030 g/mol. The molecule has 71 heavy (non-hydrogen) atoms. The third-order valence-corrected chi connectivity index (χ3v) is 11.7. The SMILES string of the molecule is C[N+](C)(CCCC(=O)NCCOCCOCCOCCOCOOCCOCCOCCOCCC(=O)NCCCC[C@@H](NC(=O)OCC1c2ccccc2-c2ccccc21)C(=O)O)CCCS(=O)(=O)O. The average Bonchev–Trinajstić information content (AvgIpc) is 3.65. The van der Waals surface area contributed by atoms with E-state index >= 15 is 0 Å². The summed E-state index contributed by atoms with van der Waals surface area (Å²) in [6, 6.07) is 14.8. The van der Waals surface area contributed by atoms with Crippen LogP contribution in [0.3, 0.4) is 0 Å². The van der Waals surface area contributed by atoms with E-state index in [2.05, 4.69) is 16.0 Å². The Hall–Kier alpha value is -4.37. The van der Waals surface area contributed by atoms with Crippen LogP contribution in [0.25, 0.3) is 11.1 Å². The molecule has 1 aliphatic rings. The van der Waals surface area contributed by atoms with Gasteiger partial charge < -0.3 is 63.4 Å². The number of carboxylic acids is 1. The molecule has 0 fully saturated rings. The van der Waals surface area contributed by atoms with Gasteiger partial charge in [-0.1, -0.05) is 48.5 Å². The van der Waals surface area contributed by atoms with Gasteiger partial charge in [-0.25, -0.2) is 19.4 Å². The number of carboxylic acid groups (broad SMARTS) is 1. The Morgan fingerprint density at radius 3 is 1.70 bits per heavy atom. The molecule has 2 aromatic carbocycles. The van der Waals surface area contributed by atoms with Crippen molar-refractivity contribution >= 4 is 34.0 Å². The lowest BCUT2D eigenvalue weighted by Gasteiger charge is -2.29. The Morgan fingerprint density at radius 2 is 1.11 bits per heavy atom. The molecule has 0 heterocycles. The van der Waals surface area contributed by atoms with Crippen molar-refractivity contribution in [1.82, 2.24) is 16.0 Å². The van der Waals surface area contributed by atoms with E-state index in [1.165, 1.54) is 0 Å². The van der Waals surface area contributed by atoms with Gasteiger partial charge in [0, 0.05) is 44.7 Å². The van der Waals surface area contributed by atoms with Crippen molar-refractivity contribution in [2.24, 2.45) is 0 Å². The number of nitrogens with one attached hydrogen (secondary N) is 3. The topological polar surface area (TPSA) is 271 Å².